The van der Waals surface area contributed by atoms with Crippen LogP contribution in [-0.2, 0) is 22.7 Å². The van der Waals surface area contributed by atoms with Gasteiger partial charge in [0.05, 0.1) is 6.61 Å². The molecule has 0 spiro atoms. The molecule has 126 valence electrons. The van der Waals surface area contributed by atoms with Crippen LogP contribution in [0, 0.1) is 0 Å². The van der Waals surface area contributed by atoms with E-state index in [4.69, 9.17) is 5.11 Å². The number of carbonyl (C=O) groups excluding carboxylic acids is 2. The van der Waals surface area contributed by atoms with Gasteiger partial charge in [-0.05, 0) is 11.1 Å². The van der Waals surface area contributed by atoms with E-state index in [9.17, 15) is 9.59 Å². The Morgan fingerprint density at radius 2 is 1.29 bits per heavy atom. The van der Waals surface area contributed by atoms with E-state index in [0.717, 1.165) is 11.1 Å². The third kappa shape index (κ3) is 4.93. The van der Waals surface area contributed by atoms with Gasteiger partial charge in [-0.1, -0.05) is 60.7 Å². The second-order valence-corrected chi connectivity index (χ2v) is 5.58. The van der Waals surface area contributed by atoms with Crippen molar-refractivity contribution >= 4 is 11.8 Å². The Balaban J connectivity index is 2.18. The van der Waals surface area contributed by atoms with Gasteiger partial charge in [-0.25, -0.2) is 0 Å². The second-order valence-electron chi connectivity index (χ2n) is 5.58. The summed E-state index contributed by atoms with van der Waals surface area (Å²) in [5.41, 5.74) is 1.92. The molecule has 0 bridgehead atoms. The van der Waals surface area contributed by atoms with Gasteiger partial charge in [-0.15, -0.1) is 0 Å². The van der Waals surface area contributed by atoms with Crippen LogP contribution in [0.4, 0.5) is 0 Å². The summed E-state index contributed by atoms with van der Waals surface area (Å²) in [7, 11) is 1.51. The van der Waals surface area contributed by atoms with Gasteiger partial charge in [0.1, 0.15) is 0 Å². The first-order valence-electron chi connectivity index (χ1n) is 7.85. The highest BCUT2D eigenvalue weighted by Gasteiger charge is 2.25. The molecule has 5 nitrogen and oxygen atoms in total. The van der Waals surface area contributed by atoms with Gasteiger partial charge in [0.15, 0.2) is 0 Å². The SMILES string of the molecule is CN(CCO)C(=O)C(=O)N(Cc1ccccc1)Cc1ccccc1. The van der Waals surface area contributed by atoms with Crippen molar-refractivity contribution in [2.24, 2.45) is 0 Å². The molecule has 0 atom stereocenters. The molecular formula is C19H22N2O3. The molecule has 1 N–H and O–H groups in total. The van der Waals surface area contributed by atoms with Crippen LogP contribution in [0.5, 0.6) is 0 Å². The Kier molecular flexibility index (Phi) is 6.51. The van der Waals surface area contributed by atoms with Crippen LogP contribution in [0.15, 0.2) is 60.7 Å². The quantitative estimate of drug-likeness (QED) is 0.822. The molecule has 0 saturated carbocycles. The highest BCUT2D eigenvalue weighted by molar-refractivity contribution is 6.34. The van der Waals surface area contributed by atoms with Crippen molar-refractivity contribution in [3.8, 4) is 0 Å². The monoisotopic (exact) mass is 326 g/mol. The number of nitrogens with zero attached hydrogens (tertiary/aromatic N) is 2. The summed E-state index contributed by atoms with van der Waals surface area (Å²) < 4.78 is 0. The van der Waals surface area contributed by atoms with Crippen molar-refractivity contribution in [2.45, 2.75) is 13.1 Å². The summed E-state index contributed by atoms with van der Waals surface area (Å²) >= 11 is 0. The van der Waals surface area contributed by atoms with E-state index in [1.165, 1.54) is 16.8 Å². The first-order valence-corrected chi connectivity index (χ1v) is 7.85. The number of hydrogen-bond donors (Lipinski definition) is 1. The van der Waals surface area contributed by atoms with Crippen LogP contribution in [0.2, 0.25) is 0 Å². The lowest BCUT2D eigenvalue weighted by molar-refractivity contribution is -0.152. The van der Waals surface area contributed by atoms with Crippen molar-refractivity contribution in [1.82, 2.24) is 9.80 Å². The molecule has 0 heterocycles. The topological polar surface area (TPSA) is 60.9 Å². The number of rotatable bonds is 6. The van der Waals surface area contributed by atoms with Crippen molar-refractivity contribution in [1.29, 1.82) is 0 Å². The molecule has 5 heteroatoms. The van der Waals surface area contributed by atoms with E-state index in [0.29, 0.717) is 13.1 Å². The van der Waals surface area contributed by atoms with Crippen molar-refractivity contribution in [3.63, 3.8) is 0 Å². The van der Waals surface area contributed by atoms with E-state index < -0.39 is 11.8 Å². The average molecular weight is 326 g/mol. The molecule has 0 aliphatic heterocycles. The van der Waals surface area contributed by atoms with Gasteiger partial charge in [0, 0.05) is 26.7 Å². The lowest BCUT2D eigenvalue weighted by Gasteiger charge is -2.25. The molecule has 0 aliphatic carbocycles. The Hall–Kier alpha value is -2.66. The number of hydrogen-bond acceptors (Lipinski definition) is 3. The molecule has 0 radical (unpaired) electrons. The first kappa shape index (κ1) is 17.7. The van der Waals surface area contributed by atoms with E-state index in [1.807, 2.05) is 60.7 Å². The highest BCUT2D eigenvalue weighted by atomic mass is 16.3. The Labute approximate surface area is 142 Å². The highest BCUT2D eigenvalue weighted by Crippen LogP contribution is 2.11. The van der Waals surface area contributed by atoms with E-state index in [2.05, 4.69) is 0 Å². The molecule has 0 fully saturated rings. The van der Waals surface area contributed by atoms with Gasteiger partial charge in [-0.2, -0.15) is 0 Å². The Bertz CT molecular complexity index is 617. The Morgan fingerprint density at radius 3 is 1.71 bits per heavy atom. The van der Waals surface area contributed by atoms with Gasteiger partial charge in [0.2, 0.25) is 0 Å². The van der Waals surface area contributed by atoms with Crippen LogP contribution in [0.1, 0.15) is 11.1 Å². The normalized spacial score (nSPS) is 10.2. The van der Waals surface area contributed by atoms with Gasteiger partial charge in [-0.3, -0.25) is 9.59 Å². The van der Waals surface area contributed by atoms with Gasteiger partial charge < -0.3 is 14.9 Å². The number of amides is 2. The molecule has 24 heavy (non-hydrogen) atoms. The number of benzene rings is 2. The van der Waals surface area contributed by atoms with Crippen molar-refractivity contribution < 1.29 is 14.7 Å². The fourth-order valence-electron chi connectivity index (χ4n) is 2.36. The summed E-state index contributed by atoms with van der Waals surface area (Å²) in [4.78, 5) is 27.7. The summed E-state index contributed by atoms with van der Waals surface area (Å²) in [5.74, 6) is -1.19. The van der Waals surface area contributed by atoms with Gasteiger partial charge in [0.25, 0.3) is 0 Å². The number of aliphatic hydroxyl groups excluding tert-OH is 1. The maximum atomic E-state index is 12.6. The van der Waals surface area contributed by atoms with E-state index in [1.54, 1.807) is 0 Å². The van der Waals surface area contributed by atoms with Crippen LogP contribution >= 0.6 is 0 Å². The van der Waals surface area contributed by atoms with Crippen molar-refractivity contribution in [2.75, 3.05) is 20.2 Å². The zero-order chi connectivity index (χ0) is 17.4. The maximum absolute atomic E-state index is 12.6. The zero-order valence-corrected chi connectivity index (χ0v) is 13.8. The van der Waals surface area contributed by atoms with Crippen molar-refractivity contribution in [3.05, 3.63) is 71.8 Å². The summed E-state index contributed by atoms with van der Waals surface area (Å²) in [6.45, 7) is 0.669. The summed E-state index contributed by atoms with van der Waals surface area (Å²) in [6, 6.07) is 19.1. The molecule has 0 unspecified atom stereocenters. The fraction of sp³-hybridized carbons (Fsp3) is 0.263. The van der Waals surface area contributed by atoms with E-state index >= 15 is 0 Å². The molecule has 0 saturated heterocycles. The number of likely N-dealkylation sites (N-methyl/N-ethyl adjacent to an activating group) is 1. The predicted octanol–water partition coefficient (Wildman–Crippen LogP) is 1.67. The second kappa shape index (κ2) is 8.84. The minimum atomic E-state index is -0.615. The maximum Gasteiger partial charge on any atom is 0.312 e. The minimum absolute atomic E-state index is 0.134. The lowest BCUT2D eigenvalue weighted by Crippen LogP contribution is -2.44. The minimum Gasteiger partial charge on any atom is -0.395 e. The molecule has 2 aromatic rings. The molecule has 2 aromatic carbocycles. The average Bonchev–Trinajstić information content (AvgIpc) is 2.62. The van der Waals surface area contributed by atoms with Crippen LogP contribution < -0.4 is 0 Å². The smallest absolute Gasteiger partial charge is 0.312 e. The van der Waals surface area contributed by atoms with E-state index in [-0.39, 0.29) is 13.2 Å². The zero-order valence-electron chi connectivity index (χ0n) is 13.8. The summed E-state index contributed by atoms with van der Waals surface area (Å²) in [6.07, 6.45) is 0. The number of aliphatic hydroxyl groups is 1. The van der Waals surface area contributed by atoms with Crippen LogP contribution in [0.3, 0.4) is 0 Å². The van der Waals surface area contributed by atoms with Crippen LogP contribution in [0.25, 0.3) is 0 Å². The predicted molar refractivity (Wildman–Crippen MR) is 91.9 cm³/mol. The third-order valence-corrected chi connectivity index (χ3v) is 3.68. The molecule has 2 rings (SSSR count). The number of carbonyl (C=O) groups is 2. The summed E-state index contributed by atoms with van der Waals surface area (Å²) in [5, 5.41) is 8.96. The largest absolute Gasteiger partial charge is 0.395 e. The fourth-order valence-corrected chi connectivity index (χ4v) is 2.36. The third-order valence-electron chi connectivity index (χ3n) is 3.68. The molecule has 2 amide bonds. The first-order chi connectivity index (χ1) is 11.6. The molecule has 0 aliphatic rings. The standard InChI is InChI=1S/C19H22N2O3/c1-20(12-13-22)18(23)19(24)21(14-16-8-4-2-5-9-16)15-17-10-6-3-7-11-17/h2-11,22H,12-15H2,1H3. The molecular weight excluding hydrogens is 304 g/mol. The Morgan fingerprint density at radius 1 is 0.833 bits per heavy atom. The van der Waals surface area contributed by atoms with Crippen LogP contribution in [-0.4, -0.2) is 46.9 Å². The lowest BCUT2D eigenvalue weighted by atomic mass is 10.1. The van der Waals surface area contributed by atoms with Gasteiger partial charge >= 0.3 is 11.8 Å². The molecule has 0 aromatic heterocycles.